The van der Waals surface area contributed by atoms with Gasteiger partial charge in [0.1, 0.15) is 11.9 Å². The summed E-state index contributed by atoms with van der Waals surface area (Å²) in [7, 11) is 0. The van der Waals surface area contributed by atoms with Crippen LogP contribution in [0.2, 0.25) is 0 Å². The van der Waals surface area contributed by atoms with Gasteiger partial charge in [0.05, 0.1) is 12.3 Å². The molecule has 0 aliphatic carbocycles. The van der Waals surface area contributed by atoms with E-state index in [9.17, 15) is 4.79 Å². The summed E-state index contributed by atoms with van der Waals surface area (Å²) in [5.41, 5.74) is 0.545. The standard InChI is InChI=1S/C12H18N2O3/c1-2-3-4-5-6-17-8-11-10(12(15)16)7-13-9-14-11/h7,9H,2-6,8H2,1H3,(H,15,16). The summed E-state index contributed by atoms with van der Waals surface area (Å²) < 4.78 is 5.40. The van der Waals surface area contributed by atoms with E-state index in [-0.39, 0.29) is 12.2 Å². The summed E-state index contributed by atoms with van der Waals surface area (Å²) in [6.07, 6.45) is 7.17. The number of unbranched alkanes of at least 4 members (excludes halogenated alkanes) is 3. The van der Waals surface area contributed by atoms with Gasteiger partial charge in [0.25, 0.3) is 0 Å². The van der Waals surface area contributed by atoms with E-state index in [1.54, 1.807) is 0 Å². The fraction of sp³-hybridized carbons (Fsp3) is 0.583. The summed E-state index contributed by atoms with van der Waals surface area (Å²) in [6, 6.07) is 0. The van der Waals surface area contributed by atoms with E-state index in [1.165, 1.54) is 25.4 Å². The van der Waals surface area contributed by atoms with E-state index < -0.39 is 5.97 Å². The van der Waals surface area contributed by atoms with E-state index in [0.717, 1.165) is 12.8 Å². The molecule has 0 unspecified atom stereocenters. The predicted molar refractivity (Wildman–Crippen MR) is 62.8 cm³/mol. The molecule has 5 heteroatoms. The Labute approximate surface area is 101 Å². The summed E-state index contributed by atoms with van der Waals surface area (Å²) in [6.45, 7) is 3.03. The Hall–Kier alpha value is -1.49. The van der Waals surface area contributed by atoms with Crippen molar-refractivity contribution in [1.29, 1.82) is 0 Å². The topological polar surface area (TPSA) is 72.3 Å². The molecule has 1 aromatic rings. The average Bonchev–Trinajstić information content (AvgIpc) is 2.34. The lowest BCUT2D eigenvalue weighted by Crippen LogP contribution is -2.07. The molecule has 17 heavy (non-hydrogen) atoms. The lowest BCUT2D eigenvalue weighted by atomic mass is 10.2. The predicted octanol–water partition coefficient (Wildman–Crippen LogP) is 2.27. The van der Waals surface area contributed by atoms with Gasteiger partial charge >= 0.3 is 5.97 Å². The molecule has 0 amide bonds. The van der Waals surface area contributed by atoms with Crippen LogP contribution in [0.3, 0.4) is 0 Å². The molecule has 94 valence electrons. The van der Waals surface area contributed by atoms with E-state index in [4.69, 9.17) is 9.84 Å². The minimum absolute atomic E-state index is 0.112. The van der Waals surface area contributed by atoms with Crippen molar-refractivity contribution >= 4 is 5.97 Å². The van der Waals surface area contributed by atoms with Crippen LogP contribution < -0.4 is 0 Å². The number of ether oxygens (including phenoxy) is 1. The molecular weight excluding hydrogens is 220 g/mol. The zero-order valence-electron chi connectivity index (χ0n) is 10.1. The van der Waals surface area contributed by atoms with Gasteiger partial charge in [-0.3, -0.25) is 0 Å². The molecule has 0 bridgehead atoms. The van der Waals surface area contributed by atoms with Gasteiger partial charge in [0, 0.05) is 12.8 Å². The van der Waals surface area contributed by atoms with Crippen molar-refractivity contribution in [3.63, 3.8) is 0 Å². The van der Waals surface area contributed by atoms with Crippen molar-refractivity contribution < 1.29 is 14.6 Å². The molecule has 0 saturated heterocycles. The number of aromatic nitrogens is 2. The lowest BCUT2D eigenvalue weighted by molar-refractivity contribution is 0.0684. The van der Waals surface area contributed by atoms with Crippen LogP contribution in [0.25, 0.3) is 0 Å². The first-order chi connectivity index (χ1) is 8.25. The van der Waals surface area contributed by atoms with Crippen molar-refractivity contribution in [2.24, 2.45) is 0 Å². The largest absolute Gasteiger partial charge is 0.478 e. The zero-order valence-corrected chi connectivity index (χ0v) is 10.1. The monoisotopic (exact) mass is 238 g/mol. The highest BCUT2D eigenvalue weighted by Gasteiger charge is 2.10. The third kappa shape index (κ3) is 4.91. The number of nitrogens with zero attached hydrogens (tertiary/aromatic N) is 2. The van der Waals surface area contributed by atoms with Crippen LogP contribution in [0, 0.1) is 0 Å². The fourth-order valence-electron chi connectivity index (χ4n) is 1.45. The van der Waals surface area contributed by atoms with Crippen LogP contribution in [0.1, 0.15) is 48.7 Å². The highest BCUT2D eigenvalue weighted by atomic mass is 16.5. The van der Waals surface area contributed by atoms with Crippen LogP contribution in [0.4, 0.5) is 0 Å². The Bertz CT molecular complexity index is 355. The lowest BCUT2D eigenvalue weighted by Gasteiger charge is -2.05. The molecule has 0 aliphatic rings. The van der Waals surface area contributed by atoms with Gasteiger partial charge in [0.15, 0.2) is 0 Å². The van der Waals surface area contributed by atoms with Crippen LogP contribution in [-0.2, 0) is 11.3 Å². The van der Waals surface area contributed by atoms with Crippen LogP contribution >= 0.6 is 0 Å². The van der Waals surface area contributed by atoms with Gasteiger partial charge in [-0.15, -0.1) is 0 Å². The van der Waals surface area contributed by atoms with Gasteiger partial charge in [-0.2, -0.15) is 0 Å². The van der Waals surface area contributed by atoms with Gasteiger partial charge < -0.3 is 9.84 Å². The number of hydrogen-bond donors (Lipinski definition) is 1. The summed E-state index contributed by atoms with van der Waals surface area (Å²) >= 11 is 0. The zero-order chi connectivity index (χ0) is 12.5. The molecule has 0 aromatic carbocycles. The van der Waals surface area contributed by atoms with E-state index >= 15 is 0 Å². The Balaban J connectivity index is 2.34. The first-order valence-corrected chi connectivity index (χ1v) is 5.85. The average molecular weight is 238 g/mol. The maximum Gasteiger partial charge on any atom is 0.339 e. The summed E-state index contributed by atoms with van der Waals surface area (Å²) in [5, 5.41) is 8.90. The number of hydrogen-bond acceptors (Lipinski definition) is 4. The third-order valence-electron chi connectivity index (χ3n) is 2.41. The second-order valence-corrected chi connectivity index (χ2v) is 3.80. The van der Waals surface area contributed by atoms with E-state index in [1.807, 2.05) is 0 Å². The molecule has 1 N–H and O–H groups in total. The van der Waals surface area contributed by atoms with E-state index in [2.05, 4.69) is 16.9 Å². The Morgan fingerprint density at radius 1 is 1.41 bits per heavy atom. The van der Waals surface area contributed by atoms with Crippen molar-refractivity contribution in [3.05, 3.63) is 23.8 Å². The molecule has 1 rings (SSSR count). The molecule has 0 radical (unpaired) electrons. The van der Waals surface area contributed by atoms with Crippen molar-refractivity contribution in [2.75, 3.05) is 6.61 Å². The minimum atomic E-state index is -1.02. The maximum atomic E-state index is 10.9. The Morgan fingerprint density at radius 3 is 2.94 bits per heavy atom. The van der Waals surface area contributed by atoms with Gasteiger partial charge in [-0.25, -0.2) is 14.8 Å². The van der Waals surface area contributed by atoms with Crippen LogP contribution in [0.5, 0.6) is 0 Å². The SMILES string of the molecule is CCCCCCOCc1ncncc1C(=O)O. The molecule has 0 spiro atoms. The third-order valence-corrected chi connectivity index (χ3v) is 2.41. The first kappa shape index (κ1) is 13.6. The maximum absolute atomic E-state index is 10.9. The molecule has 1 heterocycles. The molecule has 0 aliphatic heterocycles. The second-order valence-electron chi connectivity index (χ2n) is 3.80. The Kier molecular flexibility index (Phi) is 6.17. The van der Waals surface area contributed by atoms with Gasteiger partial charge in [-0.05, 0) is 6.42 Å². The van der Waals surface area contributed by atoms with Gasteiger partial charge in [0.2, 0.25) is 0 Å². The summed E-state index contributed by atoms with van der Waals surface area (Å²) in [5.74, 6) is -1.02. The second kappa shape index (κ2) is 7.73. The fourth-order valence-corrected chi connectivity index (χ4v) is 1.45. The number of carbonyl (C=O) groups is 1. The Morgan fingerprint density at radius 2 is 2.24 bits per heavy atom. The quantitative estimate of drug-likeness (QED) is 0.703. The van der Waals surface area contributed by atoms with Crippen molar-refractivity contribution in [3.8, 4) is 0 Å². The van der Waals surface area contributed by atoms with Crippen molar-refractivity contribution in [2.45, 2.75) is 39.2 Å². The number of carboxylic acid groups (broad SMARTS) is 1. The normalized spacial score (nSPS) is 10.4. The smallest absolute Gasteiger partial charge is 0.339 e. The molecule has 0 fully saturated rings. The highest BCUT2D eigenvalue weighted by Crippen LogP contribution is 2.06. The van der Waals surface area contributed by atoms with Crippen molar-refractivity contribution in [1.82, 2.24) is 9.97 Å². The minimum Gasteiger partial charge on any atom is -0.478 e. The molecular formula is C12H18N2O3. The number of rotatable bonds is 8. The van der Waals surface area contributed by atoms with E-state index in [0.29, 0.717) is 12.3 Å². The molecule has 5 nitrogen and oxygen atoms in total. The first-order valence-electron chi connectivity index (χ1n) is 5.85. The van der Waals surface area contributed by atoms with Crippen LogP contribution in [0.15, 0.2) is 12.5 Å². The highest BCUT2D eigenvalue weighted by molar-refractivity contribution is 5.88. The van der Waals surface area contributed by atoms with Gasteiger partial charge in [-0.1, -0.05) is 26.2 Å². The number of carboxylic acids is 1. The van der Waals surface area contributed by atoms with Crippen LogP contribution in [-0.4, -0.2) is 27.7 Å². The molecule has 0 atom stereocenters. The summed E-state index contributed by atoms with van der Waals surface area (Å²) in [4.78, 5) is 18.5. The molecule has 0 saturated carbocycles. The number of aromatic carboxylic acids is 1. The molecule has 1 aromatic heterocycles.